The van der Waals surface area contributed by atoms with E-state index in [1.54, 1.807) is 0 Å². The topological polar surface area (TPSA) is 58.6 Å². The van der Waals surface area contributed by atoms with Crippen molar-refractivity contribution in [3.05, 3.63) is 0 Å². The van der Waals surface area contributed by atoms with E-state index in [-0.39, 0.29) is 24.0 Å². The molecule has 1 saturated heterocycles. The molecule has 0 aromatic carbocycles. The summed E-state index contributed by atoms with van der Waals surface area (Å²) in [6.45, 7) is 7.66. The highest BCUT2D eigenvalue weighted by Crippen LogP contribution is 2.21. The van der Waals surface area contributed by atoms with Crippen LogP contribution in [0.4, 0.5) is 0 Å². The van der Waals surface area contributed by atoms with Gasteiger partial charge in [-0.2, -0.15) is 0 Å². The minimum absolute atomic E-state index is 0.00893. The summed E-state index contributed by atoms with van der Waals surface area (Å²) in [7, 11) is 0. The maximum atomic E-state index is 12.1. The number of rotatable bonds is 7. The Morgan fingerprint density at radius 3 is 2.75 bits per heavy atom. The van der Waals surface area contributed by atoms with Gasteiger partial charge in [-0.15, -0.1) is 0 Å². The van der Waals surface area contributed by atoms with Gasteiger partial charge in [0.1, 0.15) is 6.04 Å². The highest BCUT2D eigenvalue weighted by molar-refractivity contribution is 5.83. The van der Waals surface area contributed by atoms with Crippen LogP contribution in [-0.4, -0.2) is 48.6 Å². The SMILES string of the molecule is CCCCNC(=O)C(C)N1CCCCC1C(=O)OCC. The van der Waals surface area contributed by atoms with Gasteiger partial charge in [0.25, 0.3) is 0 Å². The van der Waals surface area contributed by atoms with Crippen LogP contribution in [0.25, 0.3) is 0 Å². The summed E-state index contributed by atoms with van der Waals surface area (Å²) in [6, 6.07) is -0.544. The van der Waals surface area contributed by atoms with Crippen molar-refractivity contribution in [2.24, 2.45) is 0 Å². The van der Waals surface area contributed by atoms with Gasteiger partial charge in [-0.3, -0.25) is 14.5 Å². The number of piperidine rings is 1. The molecule has 0 aromatic heterocycles. The first-order chi connectivity index (χ1) is 9.61. The average Bonchev–Trinajstić information content (AvgIpc) is 2.47. The molecule has 2 unspecified atom stereocenters. The van der Waals surface area contributed by atoms with Crippen molar-refractivity contribution < 1.29 is 14.3 Å². The number of ether oxygens (including phenoxy) is 1. The Labute approximate surface area is 122 Å². The molecule has 0 saturated carbocycles. The quantitative estimate of drug-likeness (QED) is 0.571. The van der Waals surface area contributed by atoms with Gasteiger partial charge in [-0.1, -0.05) is 19.8 Å². The molecule has 116 valence electrons. The lowest BCUT2D eigenvalue weighted by atomic mass is 10.00. The molecule has 0 aliphatic carbocycles. The summed E-state index contributed by atoms with van der Waals surface area (Å²) >= 11 is 0. The van der Waals surface area contributed by atoms with Crippen LogP contribution >= 0.6 is 0 Å². The molecular weight excluding hydrogens is 256 g/mol. The van der Waals surface area contributed by atoms with Crippen LogP contribution in [0.5, 0.6) is 0 Å². The largest absolute Gasteiger partial charge is 0.465 e. The van der Waals surface area contributed by atoms with E-state index >= 15 is 0 Å². The van der Waals surface area contributed by atoms with E-state index in [2.05, 4.69) is 12.2 Å². The minimum atomic E-state index is -0.276. The molecule has 1 aliphatic rings. The minimum Gasteiger partial charge on any atom is -0.465 e. The first-order valence-corrected chi connectivity index (χ1v) is 7.81. The molecule has 2 atom stereocenters. The fraction of sp³-hybridized carbons (Fsp3) is 0.867. The van der Waals surface area contributed by atoms with Crippen LogP contribution in [0.1, 0.15) is 52.9 Å². The van der Waals surface area contributed by atoms with Gasteiger partial charge in [-0.25, -0.2) is 0 Å². The molecule has 1 N–H and O–H groups in total. The standard InChI is InChI=1S/C15H28N2O3/c1-4-6-10-16-14(18)12(3)17-11-8-7-9-13(17)15(19)20-5-2/h12-13H,4-11H2,1-3H3,(H,16,18). The van der Waals surface area contributed by atoms with E-state index in [4.69, 9.17) is 4.74 Å². The maximum absolute atomic E-state index is 12.1. The monoisotopic (exact) mass is 284 g/mol. The van der Waals surface area contributed by atoms with Crippen LogP contribution in [-0.2, 0) is 14.3 Å². The third-order valence-electron chi connectivity index (χ3n) is 3.81. The van der Waals surface area contributed by atoms with Crippen LogP contribution in [0.15, 0.2) is 0 Å². The molecular formula is C15H28N2O3. The van der Waals surface area contributed by atoms with Gasteiger partial charge in [-0.05, 0) is 39.7 Å². The lowest BCUT2D eigenvalue weighted by molar-refractivity contribution is -0.153. The second-order valence-electron chi connectivity index (χ2n) is 5.32. The number of amides is 1. The van der Waals surface area contributed by atoms with Crippen LogP contribution in [0.2, 0.25) is 0 Å². The van der Waals surface area contributed by atoms with Crippen LogP contribution < -0.4 is 5.32 Å². The summed E-state index contributed by atoms with van der Waals surface area (Å²) in [5.74, 6) is -0.185. The lowest BCUT2D eigenvalue weighted by Crippen LogP contribution is -2.54. The normalized spacial score (nSPS) is 21.2. The van der Waals surface area contributed by atoms with E-state index in [0.717, 1.165) is 38.6 Å². The molecule has 0 spiro atoms. The van der Waals surface area contributed by atoms with Gasteiger partial charge in [0.05, 0.1) is 12.6 Å². The zero-order valence-corrected chi connectivity index (χ0v) is 13.0. The molecule has 0 radical (unpaired) electrons. The molecule has 5 heteroatoms. The third kappa shape index (κ3) is 4.78. The third-order valence-corrected chi connectivity index (χ3v) is 3.81. The van der Waals surface area contributed by atoms with Crippen molar-refractivity contribution in [3.8, 4) is 0 Å². The number of nitrogens with zero attached hydrogens (tertiary/aromatic N) is 1. The number of unbranched alkanes of at least 4 members (excludes halogenated alkanes) is 1. The van der Waals surface area contributed by atoms with Crippen molar-refractivity contribution in [1.82, 2.24) is 10.2 Å². The Balaban J connectivity index is 2.59. The van der Waals surface area contributed by atoms with Crippen molar-refractivity contribution in [3.63, 3.8) is 0 Å². The predicted molar refractivity (Wildman–Crippen MR) is 78.4 cm³/mol. The van der Waals surface area contributed by atoms with E-state index < -0.39 is 0 Å². The molecule has 1 aliphatic heterocycles. The van der Waals surface area contributed by atoms with E-state index in [9.17, 15) is 9.59 Å². The van der Waals surface area contributed by atoms with Crippen LogP contribution in [0, 0.1) is 0 Å². The highest BCUT2D eigenvalue weighted by Gasteiger charge is 2.35. The first-order valence-electron chi connectivity index (χ1n) is 7.81. The zero-order valence-electron chi connectivity index (χ0n) is 13.0. The summed E-state index contributed by atoms with van der Waals surface area (Å²) in [5.41, 5.74) is 0. The fourth-order valence-corrected chi connectivity index (χ4v) is 2.60. The molecule has 20 heavy (non-hydrogen) atoms. The van der Waals surface area contributed by atoms with Crippen molar-refractivity contribution >= 4 is 11.9 Å². The second-order valence-corrected chi connectivity index (χ2v) is 5.32. The number of carbonyl (C=O) groups is 2. The number of hydrogen-bond donors (Lipinski definition) is 1. The number of carbonyl (C=O) groups excluding carboxylic acids is 2. The van der Waals surface area contributed by atoms with E-state index in [0.29, 0.717) is 13.2 Å². The lowest BCUT2D eigenvalue weighted by Gasteiger charge is -2.37. The summed E-state index contributed by atoms with van der Waals surface area (Å²) < 4.78 is 5.13. The maximum Gasteiger partial charge on any atom is 0.323 e. The molecule has 5 nitrogen and oxygen atoms in total. The van der Waals surface area contributed by atoms with Gasteiger partial charge in [0, 0.05) is 6.54 Å². The number of nitrogens with one attached hydrogen (secondary N) is 1. The van der Waals surface area contributed by atoms with Crippen molar-refractivity contribution in [1.29, 1.82) is 0 Å². The van der Waals surface area contributed by atoms with Crippen molar-refractivity contribution in [2.75, 3.05) is 19.7 Å². The molecule has 1 heterocycles. The Morgan fingerprint density at radius 1 is 1.35 bits per heavy atom. The van der Waals surface area contributed by atoms with Gasteiger partial charge < -0.3 is 10.1 Å². The smallest absolute Gasteiger partial charge is 0.323 e. The second kappa shape index (κ2) is 8.95. The van der Waals surface area contributed by atoms with Gasteiger partial charge in [0.15, 0.2) is 0 Å². The van der Waals surface area contributed by atoms with Gasteiger partial charge in [0.2, 0.25) is 5.91 Å². The summed E-state index contributed by atoms with van der Waals surface area (Å²) in [6.07, 6.45) is 4.88. The predicted octanol–water partition coefficient (Wildman–Crippen LogP) is 1.71. The summed E-state index contributed by atoms with van der Waals surface area (Å²) in [5, 5.41) is 2.94. The number of likely N-dealkylation sites (tertiary alicyclic amines) is 1. The molecule has 0 bridgehead atoms. The Kier molecular flexibility index (Phi) is 7.59. The number of hydrogen-bond acceptors (Lipinski definition) is 4. The molecule has 0 aromatic rings. The Morgan fingerprint density at radius 2 is 2.10 bits per heavy atom. The van der Waals surface area contributed by atoms with Gasteiger partial charge >= 0.3 is 5.97 Å². The number of esters is 1. The summed E-state index contributed by atoms with van der Waals surface area (Å²) in [4.78, 5) is 26.1. The highest BCUT2D eigenvalue weighted by atomic mass is 16.5. The van der Waals surface area contributed by atoms with Crippen LogP contribution in [0.3, 0.4) is 0 Å². The fourth-order valence-electron chi connectivity index (χ4n) is 2.60. The molecule has 1 rings (SSSR count). The first kappa shape index (κ1) is 17.0. The molecule has 1 amide bonds. The average molecular weight is 284 g/mol. The van der Waals surface area contributed by atoms with Crippen molar-refractivity contribution in [2.45, 2.75) is 65.0 Å². The van der Waals surface area contributed by atoms with E-state index in [1.165, 1.54) is 0 Å². The molecule has 1 fully saturated rings. The zero-order chi connectivity index (χ0) is 15.0. The van der Waals surface area contributed by atoms with E-state index in [1.807, 2.05) is 18.7 Å². The Bertz CT molecular complexity index is 320. The Hall–Kier alpha value is -1.10.